The molecule has 1 aromatic heterocycles. The van der Waals surface area contributed by atoms with Crippen LogP contribution in [0.4, 0.5) is 0 Å². The number of carbonyl (C=O) groups excluding carboxylic acids is 2. The highest BCUT2D eigenvalue weighted by atomic mass is 16.2. The van der Waals surface area contributed by atoms with Gasteiger partial charge in [-0.25, -0.2) is 4.98 Å². The van der Waals surface area contributed by atoms with Crippen LogP contribution in [0.5, 0.6) is 0 Å². The first kappa shape index (κ1) is 15.4. The summed E-state index contributed by atoms with van der Waals surface area (Å²) in [5, 5.41) is 0. The molecule has 0 saturated heterocycles. The van der Waals surface area contributed by atoms with Crippen LogP contribution >= 0.6 is 0 Å². The monoisotopic (exact) mass is 292 g/mol. The van der Waals surface area contributed by atoms with Crippen LogP contribution in [0.3, 0.4) is 0 Å². The fourth-order valence-corrected chi connectivity index (χ4v) is 1.91. The Morgan fingerprint density at radius 1 is 1.18 bits per heavy atom. The highest BCUT2D eigenvalue weighted by molar-refractivity contribution is 6.47. The molecule has 1 N–H and O–H groups in total. The molecule has 4 nitrogen and oxygen atoms in total. The fraction of sp³-hybridized carbons (Fsp3) is 0.0556. The average Bonchev–Trinajstić information content (AvgIpc) is 2.89. The van der Waals surface area contributed by atoms with Crippen LogP contribution in [0.15, 0.2) is 67.3 Å². The molecule has 0 aromatic carbocycles. The summed E-state index contributed by atoms with van der Waals surface area (Å²) < 4.78 is 0. The molecule has 1 aliphatic rings. The molecule has 0 unspecified atom stereocenters. The van der Waals surface area contributed by atoms with Crippen molar-refractivity contribution in [2.45, 2.75) is 6.42 Å². The van der Waals surface area contributed by atoms with Gasteiger partial charge in [-0.05, 0) is 17.7 Å². The number of imidazole rings is 1. The smallest absolute Gasteiger partial charge is 0.253 e. The van der Waals surface area contributed by atoms with Crippen LogP contribution in [-0.2, 0) is 11.2 Å². The number of fused-ring (bicyclic) bond motifs is 1. The molecule has 0 bridgehead atoms. The molecule has 1 aliphatic carbocycles. The number of carbonyl (C=O) groups is 2. The second-order valence-electron chi connectivity index (χ2n) is 4.67. The maximum Gasteiger partial charge on any atom is 0.253 e. The number of aromatic amines is 1. The van der Waals surface area contributed by atoms with Gasteiger partial charge in [0.25, 0.3) is 5.78 Å². The predicted molar refractivity (Wildman–Crippen MR) is 87.4 cm³/mol. The molecular weight excluding hydrogens is 276 g/mol. The van der Waals surface area contributed by atoms with E-state index in [9.17, 15) is 9.59 Å². The van der Waals surface area contributed by atoms with Crippen molar-refractivity contribution >= 4 is 17.6 Å². The van der Waals surface area contributed by atoms with Gasteiger partial charge in [0.05, 0.1) is 5.69 Å². The van der Waals surface area contributed by atoms with Crippen LogP contribution in [-0.4, -0.2) is 21.5 Å². The van der Waals surface area contributed by atoms with E-state index in [0.29, 0.717) is 17.9 Å². The molecule has 4 heteroatoms. The summed E-state index contributed by atoms with van der Waals surface area (Å²) in [6, 6.07) is 0. The largest absolute Gasteiger partial charge is 0.342 e. The van der Waals surface area contributed by atoms with E-state index in [4.69, 9.17) is 0 Å². The molecule has 0 saturated carbocycles. The van der Waals surface area contributed by atoms with E-state index in [1.807, 2.05) is 6.08 Å². The fourth-order valence-electron chi connectivity index (χ4n) is 1.91. The summed E-state index contributed by atoms with van der Waals surface area (Å²) in [5.41, 5.74) is 1.48. The minimum absolute atomic E-state index is 0.136. The van der Waals surface area contributed by atoms with Gasteiger partial charge in [-0.3, -0.25) is 9.59 Å². The van der Waals surface area contributed by atoms with Crippen LogP contribution in [0, 0.1) is 0 Å². The number of hydrogen-bond donors (Lipinski definition) is 1. The van der Waals surface area contributed by atoms with Crippen molar-refractivity contribution in [1.82, 2.24) is 9.97 Å². The van der Waals surface area contributed by atoms with E-state index < -0.39 is 11.6 Å². The standard InChI is InChI=1S/C18H16N2O2/c1-3-4-9-13(2)12-16-19-14-10-7-5-6-8-11-15(21)18(22)17(14)20-16/h3-11H,1-2,12H2,(H,19,20)/b6-5-,9-4-,10-7+,11-8+. The third kappa shape index (κ3) is 3.76. The summed E-state index contributed by atoms with van der Waals surface area (Å²) in [6.45, 7) is 7.50. The molecule has 1 aromatic rings. The van der Waals surface area contributed by atoms with E-state index in [1.54, 1.807) is 36.5 Å². The molecule has 0 amide bonds. The molecule has 0 radical (unpaired) electrons. The maximum atomic E-state index is 12.1. The Kier molecular flexibility index (Phi) is 4.98. The van der Waals surface area contributed by atoms with Gasteiger partial charge < -0.3 is 4.98 Å². The van der Waals surface area contributed by atoms with Crippen molar-refractivity contribution in [1.29, 1.82) is 0 Å². The lowest BCUT2D eigenvalue weighted by atomic mass is 10.1. The number of allylic oxidation sites excluding steroid dienone is 9. The first-order valence-corrected chi connectivity index (χ1v) is 6.77. The zero-order valence-corrected chi connectivity index (χ0v) is 12.1. The Hall–Kier alpha value is -3.01. The molecule has 1 heterocycles. The Morgan fingerprint density at radius 2 is 1.91 bits per heavy atom. The number of Topliss-reactive ketones (excluding diaryl/α,β-unsaturated/α-hetero) is 1. The Bertz CT molecular complexity index is 743. The number of H-pyrrole nitrogens is 1. The van der Waals surface area contributed by atoms with Gasteiger partial charge in [0.1, 0.15) is 11.5 Å². The predicted octanol–water partition coefficient (Wildman–Crippen LogP) is 3.14. The van der Waals surface area contributed by atoms with Crippen molar-refractivity contribution < 1.29 is 9.59 Å². The maximum absolute atomic E-state index is 12.1. The molecule has 22 heavy (non-hydrogen) atoms. The van der Waals surface area contributed by atoms with E-state index in [-0.39, 0.29) is 5.69 Å². The van der Waals surface area contributed by atoms with Gasteiger partial charge in [0.15, 0.2) is 0 Å². The first-order chi connectivity index (χ1) is 10.6. The lowest BCUT2D eigenvalue weighted by Gasteiger charge is -1.95. The van der Waals surface area contributed by atoms with Gasteiger partial charge in [-0.2, -0.15) is 0 Å². The topological polar surface area (TPSA) is 62.8 Å². The number of hydrogen-bond acceptors (Lipinski definition) is 3. The van der Waals surface area contributed by atoms with Crippen molar-refractivity contribution in [2.24, 2.45) is 0 Å². The van der Waals surface area contributed by atoms with Crippen LogP contribution in [0.25, 0.3) is 6.08 Å². The molecule has 2 rings (SSSR count). The van der Waals surface area contributed by atoms with E-state index in [2.05, 4.69) is 23.1 Å². The summed E-state index contributed by atoms with van der Waals surface area (Å²) in [5.74, 6) is -0.632. The summed E-state index contributed by atoms with van der Waals surface area (Å²) >= 11 is 0. The highest BCUT2D eigenvalue weighted by Crippen LogP contribution is 2.14. The lowest BCUT2D eigenvalue weighted by Crippen LogP contribution is -2.13. The molecule has 0 fully saturated rings. The van der Waals surface area contributed by atoms with Gasteiger partial charge in [0, 0.05) is 6.42 Å². The van der Waals surface area contributed by atoms with Crippen LogP contribution in [0.1, 0.15) is 22.0 Å². The third-order valence-electron chi connectivity index (χ3n) is 2.93. The van der Waals surface area contributed by atoms with Gasteiger partial charge in [-0.1, -0.05) is 55.7 Å². The average molecular weight is 292 g/mol. The molecule has 0 aliphatic heterocycles. The second kappa shape index (κ2) is 7.13. The minimum atomic E-state index is -0.624. The van der Waals surface area contributed by atoms with Gasteiger partial charge in [0.2, 0.25) is 5.78 Å². The lowest BCUT2D eigenvalue weighted by molar-refractivity contribution is -0.111. The van der Waals surface area contributed by atoms with Crippen molar-refractivity contribution in [2.75, 3.05) is 0 Å². The normalized spacial score (nSPS) is 18.7. The molecule has 110 valence electrons. The Morgan fingerprint density at radius 3 is 2.64 bits per heavy atom. The van der Waals surface area contributed by atoms with Gasteiger partial charge >= 0.3 is 0 Å². The quantitative estimate of drug-likeness (QED) is 0.685. The number of rotatable bonds is 4. The SMILES string of the molecule is C=C/C=C\C(=C)Cc1nc2c([nH]1)/C=C/C=C\C=C\C(=O)C2=O. The van der Waals surface area contributed by atoms with Crippen molar-refractivity contribution in [3.8, 4) is 0 Å². The zero-order chi connectivity index (χ0) is 15.9. The van der Waals surface area contributed by atoms with Crippen LogP contribution in [0.2, 0.25) is 0 Å². The zero-order valence-electron chi connectivity index (χ0n) is 12.1. The third-order valence-corrected chi connectivity index (χ3v) is 2.93. The van der Waals surface area contributed by atoms with E-state index >= 15 is 0 Å². The number of nitrogens with zero attached hydrogens (tertiary/aromatic N) is 1. The molecular formula is C18H16N2O2. The number of ketones is 2. The van der Waals surface area contributed by atoms with Crippen LogP contribution < -0.4 is 0 Å². The van der Waals surface area contributed by atoms with Crippen molar-refractivity contribution in [3.05, 3.63) is 84.6 Å². The Labute approximate surface area is 129 Å². The van der Waals surface area contributed by atoms with Crippen molar-refractivity contribution in [3.63, 3.8) is 0 Å². The summed E-state index contributed by atoms with van der Waals surface area (Å²) in [4.78, 5) is 31.2. The minimum Gasteiger partial charge on any atom is -0.342 e. The first-order valence-electron chi connectivity index (χ1n) is 6.77. The van der Waals surface area contributed by atoms with Gasteiger partial charge in [-0.15, -0.1) is 0 Å². The molecule has 0 atom stereocenters. The number of aromatic nitrogens is 2. The highest BCUT2D eigenvalue weighted by Gasteiger charge is 2.21. The molecule has 0 spiro atoms. The Balaban J connectivity index is 2.34. The second-order valence-corrected chi connectivity index (χ2v) is 4.67. The summed E-state index contributed by atoms with van der Waals surface area (Å²) in [7, 11) is 0. The number of nitrogens with one attached hydrogen (secondary N) is 1. The summed E-state index contributed by atoms with van der Waals surface area (Å²) in [6.07, 6.45) is 15.4. The van der Waals surface area contributed by atoms with E-state index in [0.717, 1.165) is 5.57 Å². The van der Waals surface area contributed by atoms with E-state index in [1.165, 1.54) is 12.2 Å².